The first-order chi connectivity index (χ1) is 15.7. The highest BCUT2D eigenvalue weighted by Crippen LogP contribution is 2.34. The molecule has 0 bridgehead atoms. The molecule has 0 spiro atoms. The van der Waals surface area contributed by atoms with Crippen LogP contribution in [0.2, 0.25) is 0 Å². The molecule has 7 heteroatoms. The van der Waals surface area contributed by atoms with E-state index in [4.69, 9.17) is 4.98 Å². The van der Waals surface area contributed by atoms with Crippen molar-refractivity contribution >= 4 is 5.91 Å². The number of aryl methyl sites for hydroxylation is 1. The summed E-state index contributed by atoms with van der Waals surface area (Å²) in [7, 11) is 0. The van der Waals surface area contributed by atoms with Gasteiger partial charge in [0.15, 0.2) is 0 Å². The third-order valence-electron chi connectivity index (χ3n) is 7.06. The number of rotatable bonds is 4. The van der Waals surface area contributed by atoms with E-state index in [0.717, 1.165) is 56.2 Å². The molecule has 4 nitrogen and oxygen atoms in total. The molecule has 2 saturated heterocycles. The molecule has 1 aromatic heterocycles. The van der Waals surface area contributed by atoms with E-state index in [-0.39, 0.29) is 18.4 Å². The van der Waals surface area contributed by atoms with Gasteiger partial charge < -0.3 is 4.90 Å². The number of carbonyl (C=O) groups excluding carboxylic acids is 1. The molecule has 0 saturated carbocycles. The zero-order valence-electron chi connectivity index (χ0n) is 19.4. The van der Waals surface area contributed by atoms with E-state index in [1.54, 1.807) is 12.1 Å². The van der Waals surface area contributed by atoms with Gasteiger partial charge in [0.1, 0.15) is 0 Å². The van der Waals surface area contributed by atoms with Crippen LogP contribution in [-0.2, 0) is 12.7 Å². The number of alkyl halides is 3. The van der Waals surface area contributed by atoms with E-state index in [1.165, 1.54) is 6.07 Å². The van der Waals surface area contributed by atoms with Gasteiger partial charge in [0, 0.05) is 31.2 Å². The van der Waals surface area contributed by atoms with E-state index in [9.17, 15) is 18.0 Å². The zero-order valence-corrected chi connectivity index (χ0v) is 19.4. The Balaban J connectivity index is 1.45. The van der Waals surface area contributed by atoms with Gasteiger partial charge in [-0.05, 0) is 75.4 Å². The molecule has 4 rings (SSSR count). The molecule has 178 valence electrons. The molecule has 2 aliphatic rings. The Morgan fingerprint density at radius 1 is 1.00 bits per heavy atom. The summed E-state index contributed by atoms with van der Waals surface area (Å²) in [4.78, 5) is 22.1. The SMILES string of the molecule is Cc1ccc(C(=O)N2CCC(C)CC2)c(C2CCN(Cc3ccccc3C(F)(F)F)CC2)n1. The maximum absolute atomic E-state index is 13.4. The highest BCUT2D eigenvalue weighted by atomic mass is 19.4. The number of piperidine rings is 2. The van der Waals surface area contributed by atoms with E-state index in [0.29, 0.717) is 30.1 Å². The lowest BCUT2D eigenvalue weighted by molar-refractivity contribution is -0.138. The number of benzene rings is 1. The van der Waals surface area contributed by atoms with Crippen LogP contribution < -0.4 is 0 Å². The Labute approximate surface area is 193 Å². The molecule has 1 amide bonds. The largest absolute Gasteiger partial charge is 0.416 e. The van der Waals surface area contributed by atoms with Gasteiger partial charge in [0.2, 0.25) is 0 Å². The number of aromatic nitrogens is 1. The third-order valence-corrected chi connectivity index (χ3v) is 7.06. The number of hydrogen-bond donors (Lipinski definition) is 0. The van der Waals surface area contributed by atoms with E-state index in [2.05, 4.69) is 11.8 Å². The van der Waals surface area contributed by atoms with Gasteiger partial charge in [-0.2, -0.15) is 13.2 Å². The Morgan fingerprint density at radius 2 is 1.67 bits per heavy atom. The van der Waals surface area contributed by atoms with Crippen molar-refractivity contribution in [1.82, 2.24) is 14.8 Å². The van der Waals surface area contributed by atoms with Crippen LogP contribution in [0.3, 0.4) is 0 Å². The monoisotopic (exact) mass is 459 g/mol. The van der Waals surface area contributed by atoms with Crippen LogP contribution in [0, 0.1) is 12.8 Å². The van der Waals surface area contributed by atoms with E-state index in [1.807, 2.05) is 24.0 Å². The smallest absolute Gasteiger partial charge is 0.339 e. The summed E-state index contributed by atoms with van der Waals surface area (Å²) in [6.45, 7) is 7.37. The van der Waals surface area contributed by atoms with Gasteiger partial charge in [0.25, 0.3) is 5.91 Å². The minimum atomic E-state index is -4.35. The molecule has 2 aliphatic heterocycles. The predicted octanol–water partition coefficient (Wildman–Crippen LogP) is 5.66. The summed E-state index contributed by atoms with van der Waals surface area (Å²) in [5, 5.41) is 0. The van der Waals surface area contributed by atoms with E-state index >= 15 is 0 Å². The number of amides is 1. The number of likely N-dealkylation sites (tertiary alicyclic amines) is 2. The average molecular weight is 460 g/mol. The summed E-state index contributed by atoms with van der Waals surface area (Å²) in [6.07, 6.45) is -0.734. The van der Waals surface area contributed by atoms with Gasteiger partial charge >= 0.3 is 6.18 Å². The van der Waals surface area contributed by atoms with Crippen molar-refractivity contribution in [2.45, 2.75) is 58.2 Å². The quantitative estimate of drug-likeness (QED) is 0.592. The van der Waals surface area contributed by atoms with Crippen LogP contribution in [0.1, 0.15) is 71.4 Å². The van der Waals surface area contributed by atoms with Crippen LogP contribution in [0.25, 0.3) is 0 Å². The van der Waals surface area contributed by atoms with Crippen molar-refractivity contribution in [3.05, 3.63) is 64.5 Å². The Hall–Kier alpha value is -2.41. The zero-order chi connectivity index (χ0) is 23.6. The molecule has 0 atom stereocenters. The maximum atomic E-state index is 13.4. The molecule has 2 fully saturated rings. The summed E-state index contributed by atoms with van der Waals surface area (Å²) >= 11 is 0. The normalized spacial score (nSPS) is 19.1. The Kier molecular flexibility index (Phi) is 7.07. The molecule has 3 heterocycles. The molecular formula is C26H32F3N3O. The van der Waals surface area contributed by atoms with Crippen molar-refractivity contribution in [1.29, 1.82) is 0 Å². The first-order valence-corrected chi connectivity index (χ1v) is 11.9. The molecule has 2 aromatic rings. The van der Waals surface area contributed by atoms with Gasteiger partial charge in [-0.3, -0.25) is 14.7 Å². The lowest BCUT2D eigenvalue weighted by Crippen LogP contribution is -2.39. The van der Waals surface area contributed by atoms with Crippen molar-refractivity contribution in [2.75, 3.05) is 26.2 Å². The van der Waals surface area contributed by atoms with Gasteiger partial charge in [-0.1, -0.05) is 25.1 Å². The molecular weight excluding hydrogens is 427 g/mol. The maximum Gasteiger partial charge on any atom is 0.416 e. The second-order valence-electron chi connectivity index (χ2n) is 9.57. The van der Waals surface area contributed by atoms with Crippen molar-refractivity contribution < 1.29 is 18.0 Å². The number of halogens is 3. The van der Waals surface area contributed by atoms with Gasteiger partial charge in [-0.15, -0.1) is 0 Å². The molecule has 1 aromatic carbocycles. The number of carbonyl (C=O) groups is 1. The summed E-state index contributed by atoms with van der Waals surface area (Å²) in [6, 6.07) is 9.61. The predicted molar refractivity (Wildman–Crippen MR) is 122 cm³/mol. The average Bonchev–Trinajstić information content (AvgIpc) is 2.79. The first-order valence-electron chi connectivity index (χ1n) is 11.9. The fraction of sp³-hybridized carbons (Fsp3) is 0.538. The summed E-state index contributed by atoms with van der Waals surface area (Å²) in [5.41, 5.74) is 2.18. The highest BCUT2D eigenvalue weighted by molar-refractivity contribution is 5.95. The lowest BCUT2D eigenvalue weighted by atomic mass is 9.89. The number of nitrogens with zero attached hydrogens (tertiary/aromatic N) is 3. The van der Waals surface area contributed by atoms with Gasteiger partial charge in [0.05, 0.1) is 16.8 Å². The third kappa shape index (κ3) is 5.57. The topological polar surface area (TPSA) is 36.4 Å². The number of pyridine rings is 1. The van der Waals surface area contributed by atoms with Crippen LogP contribution >= 0.6 is 0 Å². The number of hydrogen-bond acceptors (Lipinski definition) is 3. The molecule has 0 radical (unpaired) electrons. The minimum absolute atomic E-state index is 0.0611. The van der Waals surface area contributed by atoms with Crippen molar-refractivity contribution in [3.63, 3.8) is 0 Å². The standard InChI is InChI=1S/C26H32F3N3O/c1-18-9-15-32(16-10-18)25(33)22-8-7-19(2)30-24(22)20-11-13-31(14-12-20)17-21-5-3-4-6-23(21)26(27,28)29/h3-8,18,20H,9-17H2,1-2H3. The second-order valence-corrected chi connectivity index (χ2v) is 9.57. The molecule has 0 unspecified atom stereocenters. The first kappa shape index (κ1) is 23.7. The van der Waals surface area contributed by atoms with Gasteiger partial charge in [-0.25, -0.2) is 0 Å². The Bertz CT molecular complexity index is 975. The minimum Gasteiger partial charge on any atom is -0.339 e. The second kappa shape index (κ2) is 9.84. The van der Waals surface area contributed by atoms with Crippen LogP contribution in [0.15, 0.2) is 36.4 Å². The highest BCUT2D eigenvalue weighted by Gasteiger charge is 2.34. The van der Waals surface area contributed by atoms with Crippen LogP contribution in [-0.4, -0.2) is 46.9 Å². The Morgan fingerprint density at radius 3 is 2.33 bits per heavy atom. The van der Waals surface area contributed by atoms with Crippen LogP contribution in [0.5, 0.6) is 0 Å². The summed E-state index contributed by atoms with van der Waals surface area (Å²) < 4.78 is 40.1. The fourth-order valence-electron chi connectivity index (χ4n) is 4.99. The lowest BCUT2D eigenvalue weighted by Gasteiger charge is -2.34. The van der Waals surface area contributed by atoms with Crippen molar-refractivity contribution in [2.24, 2.45) is 5.92 Å². The summed E-state index contributed by atoms with van der Waals surface area (Å²) in [5.74, 6) is 0.851. The fourth-order valence-corrected chi connectivity index (χ4v) is 4.99. The van der Waals surface area contributed by atoms with E-state index < -0.39 is 11.7 Å². The van der Waals surface area contributed by atoms with Crippen molar-refractivity contribution in [3.8, 4) is 0 Å². The molecule has 0 aliphatic carbocycles. The molecule has 33 heavy (non-hydrogen) atoms. The van der Waals surface area contributed by atoms with Crippen LogP contribution in [0.4, 0.5) is 13.2 Å². The molecule has 0 N–H and O–H groups in total.